The minimum atomic E-state index is -1.41. The van der Waals surface area contributed by atoms with E-state index in [1.807, 2.05) is 90.7 Å². The first-order valence-corrected chi connectivity index (χ1v) is 10.6. The monoisotopic (exact) mass is 415 g/mol. The summed E-state index contributed by atoms with van der Waals surface area (Å²) >= 11 is 0. The maximum absolute atomic E-state index is 14.0. The summed E-state index contributed by atoms with van der Waals surface area (Å²) in [5.74, 6) is -0.689. The average Bonchev–Trinajstić information content (AvgIpc) is 3.15. The summed E-state index contributed by atoms with van der Waals surface area (Å²) in [6.07, 6.45) is 3.87. The average molecular weight is 415 g/mol. The van der Waals surface area contributed by atoms with E-state index in [0.717, 1.165) is 22.4 Å². The van der Waals surface area contributed by atoms with Crippen LogP contribution in [0.1, 0.15) is 33.0 Å². The Morgan fingerprint density at radius 2 is 1.66 bits per heavy atom. The van der Waals surface area contributed by atoms with Crippen molar-refractivity contribution in [2.75, 3.05) is 4.90 Å². The molecule has 0 aliphatic carbocycles. The topological polar surface area (TPSA) is 67.9 Å². The van der Waals surface area contributed by atoms with Gasteiger partial charge in [-0.2, -0.15) is 10.5 Å². The van der Waals surface area contributed by atoms with E-state index in [4.69, 9.17) is 0 Å². The Morgan fingerprint density at radius 1 is 0.938 bits per heavy atom. The second kappa shape index (κ2) is 7.52. The lowest BCUT2D eigenvalue weighted by atomic mass is 9.69. The summed E-state index contributed by atoms with van der Waals surface area (Å²) < 4.78 is 0. The Labute approximate surface area is 187 Å². The third-order valence-electron chi connectivity index (χ3n) is 6.64. The Bertz CT molecular complexity index is 1300. The lowest BCUT2D eigenvalue weighted by Crippen LogP contribution is -2.44. The van der Waals surface area contributed by atoms with Crippen molar-refractivity contribution in [1.29, 1.82) is 10.5 Å². The van der Waals surface area contributed by atoms with Crippen molar-refractivity contribution in [1.82, 2.24) is 0 Å². The molecule has 0 amide bonds. The van der Waals surface area contributed by atoms with Gasteiger partial charge in [0.1, 0.15) is 6.04 Å². The summed E-state index contributed by atoms with van der Waals surface area (Å²) in [6, 6.07) is 28.3. The fraction of sp³-hybridized carbons (Fsp3) is 0.179. The van der Waals surface area contributed by atoms with Crippen molar-refractivity contribution in [2.45, 2.75) is 24.9 Å². The summed E-state index contributed by atoms with van der Waals surface area (Å²) in [5, 5.41) is 20.9. The van der Waals surface area contributed by atoms with E-state index in [0.29, 0.717) is 5.56 Å². The van der Waals surface area contributed by atoms with Crippen LogP contribution in [0.4, 0.5) is 5.69 Å². The number of nitrogens with zero attached hydrogens (tertiary/aromatic N) is 3. The minimum absolute atomic E-state index is 0.0837. The molecule has 154 valence electrons. The summed E-state index contributed by atoms with van der Waals surface area (Å²) in [7, 11) is 0. The highest BCUT2D eigenvalue weighted by Gasteiger charge is 2.63. The third-order valence-corrected chi connectivity index (χ3v) is 6.64. The van der Waals surface area contributed by atoms with Gasteiger partial charge in [0.05, 0.1) is 18.2 Å². The van der Waals surface area contributed by atoms with Crippen molar-refractivity contribution < 1.29 is 4.79 Å². The number of aryl methyl sites for hydroxylation is 1. The Kier molecular flexibility index (Phi) is 4.65. The maximum atomic E-state index is 14.0. The molecule has 2 aliphatic rings. The zero-order chi connectivity index (χ0) is 22.3. The van der Waals surface area contributed by atoms with Gasteiger partial charge in [0.15, 0.2) is 11.2 Å². The van der Waals surface area contributed by atoms with E-state index < -0.39 is 23.4 Å². The first-order chi connectivity index (χ1) is 15.6. The largest absolute Gasteiger partial charge is 0.351 e. The normalized spacial score (nSPS) is 22.3. The molecule has 1 saturated heterocycles. The molecule has 3 aromatic rings. The van der Waals surface area contributed by atoms with E-state index in [2.05, 4.69) is 12.1 Å². The number of anilines is 1. The van der Waals surface area contributed by atoms with Crippen LogP contribution in [0.2, 0.25) is 0 Å². The lowest BCUT2D eigenvalue weighted by molar-refractivity contribution is 0.0951. The third kappa shape index (κ3) is 2.77. The molecule has 1 fully saturated rings. The molecule has 3 aromatic carbocycles. The van der Waals surface area contributed by atoms with Gasteiger partial charge in [0.25, 0.3) is 0 Å². The van der Waals surface area contributed by atoms with E-state index in [-0.39, 0.29) is 5.78 Å². The van der Waals surface area contributed by atoms with Crippen molar-refractivity contribution in [3.05, 3.63) is 107 Å². The Morgan fingerprint density at radius 3 is 2.38 bits per heavy atom. The van der Waals surface area contributed by atoms with E-state index in [1.54, 1.807) is 12.1 Å². The zero-order valence-electron chi connectivity index (χ0n) is 17.6. The highest BCUT2D eigenvalue weighted by molar-refractivity contribution is 6.04. The van der Waals surface area contributed by atoms with Gasteiger partial charge >= 0.3 is 0 Å². The van der Waals surface area contributed by atoms with Crippen LogP contribution in [0.3, 0.4) is 0 Å². The van der Waals surface area contributed by atoms with Crippen LogP contribution in [0.25, 0.3) is 6.08 Å². The second-order valence-corrected chi connectivity index (χ2v) is 8.43. The van der Waals surface area contributed by atoms with Gasteiger partial charge in [-0.3, -0.25) is 4.79 Å². The summed E-state index contributed by atoms with van der Waals surface area (Å²) in [4.78, 5) is 16.0. The molecular weight excluding hydrogens is 394 g/mol. The number of hydrogen-bond donors (Lipinski definition) is 0. The molecule has 0 radical (unpaired) electrons. The molecule has 0 saturated carbocycles. The number of nitriles is 2. The Hall–Kier alpha value is -4.15. The standard InChI is InChI=1S/C28H21N3O/c1-19-8-7-12-22(16-19)25-26(27(32)21-10-3-2-4-11-21)31-23-13-6-5-9-20(23)14-15-24(31)28(25,17-29)18-30/h2-16,24-26H,1H3/t24-,25-,26-/m0/s1. The number of benzene rings is 3. The van der Waals surface area contributed by atoms with Gasteiger partial charge in [0.2, 0.25) is 0 Å². The smallest absolute Gasteiger partial charge is 0.185 e. The summed E-state index contributed by atoms with van der Waals surface area (Å²) in [5.41, 5.74) is 2.88. The molecule has 2 heterocycles. The molecule has 0 bridgehead atoms. The predicted octanol–water partition coefficient (Wildman–Crippen LogP) is 5.28. The molecule has 32 heavy (non-hydrogen) atoms. The Balaban J connectivity index is 1.80. The van der Waals surface area contributed by atoms with Crippen LogP contribution in [0.15, 0.2) is 84.9 Å². The van der Waals surface area contributed by atoms with Gasteiger partial charge in [-0.15, -0.1) is 0 Å². The van der Waals surface area contributed by atoms with Crippen LogP contribution >= 0.6 is 0 Å². The molecule has 5 rings (SSSR count). The highest BCUT2D eigenvalue weighted by atomic mass is 16.1. The predicted molar refractivity (Wildman–Crippen MR) is 124 cm³/mol. The zero-order valence-corrected chi connectivity index (χ0v) is 17.6. The van der Waals surface area contributed by atoms with E-state index in [1.165, 1.54) is 0 Å². The van der Waals surface area contributed by atoms with E-state index >= 15 is 0 Å². The highest BCUT2D eigenvalue weighted by Crippen LogP contribution is 2.55. The van der Waals surface area contributed by atoms with Crippen molar-refractivity contribution >= 4 is 17.5 Å². The van der Waals surface area contributed by atoms with Crippen LogP contribution in [-0.4, -0.2) is 17.9 Å². The van der Waals surface area contributed by atoms with Crippen molar-refractivity contribution in [3.8, 4) is 12.1 Å². The number of carbonyl (C=O) groups excluding carboxylic acids is 1. The summed E-state index contributed by atoms with van der Waals surface area (Å²) in [6.45, 7) is 1.98. The number of hydrogen-bond acceptors (Lipinski definition) is 4. The number of carbonyl (C=O) groups is 1. The lowest BCUT2D eigenvalue weighted by Gasteiger charge is -2.35. The van der Waals surface area contributed by atoms with Crippen LogP contribution in [-0.2, 0) is 0 Å². The maximum Gasteiger partial charge on any atom is 0.185 e. The molecular formula is C28H21N3O. The fourth-order valence-corrected chi connectivity index (χ4v) is 5.24. The van der Waals surface area contributed by atoms with Gasteiger partial charge < -0.3 is 4.90 Å². The first kappa shape index (κ1) is 19.8. The second-order valence-electron chi connectivity index (χ2n) is 8.43. The van der Waals surface area contributed by atoms with Crippen molar-refractivity contribution in [2.24, 2.45) is 5.41 Å². The van der Waals surface area contributed by atoms with Crippen LogP contribution in [0.5, 0.6) is 0 Å². The van der Waals surface area contributed by atoms with Gasteiger partial charge in [-0.05, 0) is 24.1 Å². The van der Waals surface area contributed by atoms with E-state index in [9.17, 15) is 15.3 Å². The minimum Gasteiger partial charge on any atom is -0.351 e. The van der Waals surface area contributed by atoms with Crippen molar-refractivity contribution in [3.63, 3.8) is 0 Å². The number of ketones is 1. The molecule has 2 aliphatic heterocycles. The van der Waals surface area contributed by atoms with Gasteiger partial charge in [0, 0.05) is 17.2 Å². The number of fused-ring (bicyclic) bond motifs is 3. The van der Waals surface area contributed by atoms with Crippen LogP contribution in [0, 0.1) is 35.0 Å². The molecule has 0 unspecified atom stereocenters. The molecule has 4 nitrogen and oxygen atoms in total. The molecule has 0 aromatic heterocycles. The quantitative estimate of drug-likeness (QED) is 0.546. The number of rotatable bonds is 3. The van der Waals surface area contributed by atoms with Crippen LogP contribution < -0.4 is 4.90 Å². The molecule has 0 spiro atoms. The number of para-hydroxylation sites is 1. The van der Waals surface area contributed by atoms with Gasteiger partial charge in [-0.25, -0.2) is 0 Å². The molecule has 3 atom stereocenters. The molecule has 0 N–H and O–H groups in total. The first-order valence-electron chi connectivity index (χ1n) is 10.6. The number of Topliss-reactive ketones (excluding diaryl/α,β-unsaturated/α-hetero) is 1. The fourth-order valence-electron chi connectivity index (χ4n) is 5.24. The SMILES string of the molecule is Cc1cccc([C@H]2[C@@H](C(=O)c3ccccc3)N3c4ccccc4C=C[C@H]3C2(C#N)C#N)c1. The molecule has 4 heteroatoms. The van der Waals surface area contributed by atoms with Gasteiger partial charge in [-0.1, -0.05) is 90.5 Å².